The van der Waals surface area contributed by atoms with E-state index in [1.54, 1.807) is 12.1 Å². The van der Waals surface area contributed by atoms with Crippen molar-refractivity contribution in [1.82, 2.24) is 14.8 Å². The molecule has 6 nitrogen and oxygen atoms in total. The summed E-state index contributed by atoms with van der Waals surface area (Å²) < 4.78 is 5.33. The normalized spacial score (nSPS) is 23.8. The molecule has 2 aromatic carbocycles. The van der Waals surface area contributed by atoms with E-state index in [2.05, 4.69) is 34.1 Å². The lowest BCUT2D eigenvalue weighted by Gasteiger charge is -2.30. The van der Waals surface area contributed by atoms with Gasteiger partial charge in [-0.25, -0.2) is 5.01 Å². The number of hydrogen-bond acceptors (Lipinski definition) is 5. The minimum absolute atomic E-state index is 0.0850. The van der Waals surface area contributed by atoms with Gasteiger partial charge in [0.15, 0.2) is 0 Å². The molecule has 0 radical (unpaired) electrons. The van der Waals surface area contributed by atoms with Crippen molar-refractivity contribution in [3.63, 3.8) is 0 Å². The molecule has 174 valence electrons. The Kier molecular flexibility index (Phi) is 6.74. The zero-order chi connectivity index (χ0) is 22.6. The summed E-state index contributed by atoms with van der Waals surface area (Å²) in [5.41, 5.74) is 3.15. The van der Waals surface area contributed by atoms with E-state index in [0.29, 0.717) is 12.6 Å². The fourth-order valence-electron chi connectivity index (χ4n) is 5.45. The summed E-state index contributed by atoms with van der Waals surface area (Å²) in [7, 11) is 1.67. The third kappa shape index (κ3) is 4.97. The van der Waals surface area contributed by atoms with Crippen LogP contribution in [0.15, 0.2) is 59.7 Å². The van der Waals surface area contributed by atoms with Gasteiger partial charge in [-0.1, -0.05) is 42.5 Å². The first kappa shape index (κ1) is 22.1. The average Bonchev–Trinajstić information content (AvgIpc) is 3.62. The molecule has 1 amide bonds. The van der Waals surface area contributed by atoms with Crippen LogP contribution in [0.1, 0.15) is 49.3 Å². The molecule has 2 fully saturated rings. The van der Waals surface area contributed by atoms with Gasteiger partial charge in [-0.05, 0) is 68.6 Å². The van der Waals surface area contributed by atoms with Crippen LogP contribution in [-0.4, -0.2) is 72.3 Å². The number of likely N-dealkylation sites (tertiary alicyclic amines) is 2. The highest BCUT2D eigenvalue weighted by atomic mass is 16.5. The smallest absolute Gasteiger partial charge is 0.257 e. The number of rotatable bonds is 7. The van der Waals surface area contributed by atoms with Crippen molar-refractivity contribution in [3.05, 3.63) is 65.7 Å². The number of hydrogen-bond donors (Lipinski definition) is 0. The van der Waals surface area contributed by atoms with Gasteiger partial charge in [0.2, 0.25) is 0 Å². The van der Waals surface area contributed by atoms with E-state index in [-0.39, 0.29) is 11.9 Å². The second-order valence-corrected chi connectivity index (χ2v) is 9.42. The molecule has 6 heteroatoms. The quantitative estimate of drug-likeness (QED) is 0.647. The highest BCUT2D eigenvalue weighted by Gasteiger charge is 2.36. The van der Waals surface area contributed by atoms with Crippen molar-refractivity contribution in [3.8, 4) is 5.75 Å². The molecule has 5 rings (SSSR count). The first-order valence-electron chi connectivity index (χ1n) is 12.3. The van der Waals surface area contributed by atoms with Crippen LogP contribution >= 0.6 is 0 Å². The molecule has 3 aliphatic heterocycles. The minimum Gasteiger partial charge on any atom is -0.497 e. The van der Waals surface area contributed by atoms with Crippen LogP contribution in [0.4, 0.5) is 0 Å². The summed E-state index contributed by atoms with van der Waals surface area (Å²) >= 11 is 0. The lowest BCUT2D eigenvalue weighted by molar-refractivity contribution is -0.134. The average molecular weight is 447 g/mol. The largest absolute Gasteiger partial charge is 0.497 e. The summed E-state index contributed by atoms with van der Waals surface area (Å²) in [6.07, 6.45) is 5.69. The van der Waals surface area contributed by atoms with Crippen LogP contribution in [0.5, 0.6) is 5.75 Å². The van der Waals surface area contributed by atoms with Crippen molar-refractivity contribution < 1.29 is 9.53 Å². The van der Waals surface area contributed by atoms with Crippen molar-refractivity contribution in [2.45, 2.75) is 44.2 Å². The predicted molar refractivity (Wildman–Crippen MR) is 130 cm³/mol. The van der Waals surface area contributed by atoms with Crippen molar-refractivity contribution >= 4 is 11.6 Å². The molecule has 2 unspecified atom stereocenters. The lowest BCUT2D eigenvalue weighted by Crippen LogP contribution is -2.44. The van der Waals surface area contributed by atoms with Gasteiger partial charge in [0, 0.05) is 19.0 Å². The van der Waals surface area contributed by atoms with Gasteiger partial charge in [-0.15, -0.1) is 0 Å². The zero-order valence-corrected chi connectivity index (χ0v) is 19.5. The van der Waals surface area contributed by atoms with Gasteiger partial charge in [0.25, 0.3) is 5.91 Å². The topological polar surface area (TPSA) is 48.4 Å². The number of nitrogens with zero attached hydrogens (tertiary/aromatic N) is 4. The van der Waals surface area contributed by atoms with Crippen molar-refractivity contribution in [1.29, 1.82) is 0 Å². The zero-order valence-electron chi connectivity index (χ0n) is 19.5. The summed E-state index contributed by atoms with van der Waals surface area (Å²) in [4.78, 5) is 18.6. The third-order valence-corrected chi connectivity index (χ3v) is 7.28. The highest BCUT2D eigenvalue weighted by molar-refractivity contribution is 6.03. The molecule has 0 spiro atoms. The third-order valence-electron chi connectivity index (χ3n) is 7.28. The van der Waals surface area contributed by atoms with E-state index >= 15 is 0 Å². The van der Waals surface area contributed by atoms with Gasteiger partial charge in [-0.3, -0.25) is 9.69 Å². The van der Waals surface area contributed by atoms with Crippen LogP contribution in [0.3, 0.4) is 0 Å². The molecule has 3 heterocycles. The number of ether oxygens (including phenoxy) is 1. The maximum Gasteiger partial charge on any atom is 0.257 e. The van der Waals surface area contributed by atoms with Crippen LogP contribution in [0.25, 0.3) is 0 Å². The second kappa shape index (κ2) is 10.1. The fourth-order valence-corrected chi connectivity index (χ4v) is 5.45. The molecule has 0 aliphatic carbocycles. The Bertz CT molecular complexity index is 969. The molecule has 0 N–H and O–H groups in total. The van der Waals surface area contributed by atoms with E-state index in [9.17, 15) is 4.79 Å². The summed E-state index contributed by atoms with van der Waals surface area (Å²) in [5.74, 6) is 0.913. The summed E-state index contributed by atoms with van der Waals surface area (Å²) in [5, 5.41) is 6.61. The minimum atomic E-state index is -0.0850. The highest BCUT2D eigenvalue weighted by Crippen LogP contribution is 2.34. The van der Waals surface area contributed by atoms with E-state index in [1.807, 2.05) is 30.3 Å². The standard InChI is InChI=1S/C27H34N4O2/c1-33-24-13-11-22(12-14-24)26-18-25(21-8-3-2-4-9-21)28-31(26)27(32)20-30-17-7-10-23(30)19-29-15-5-6-16-29/h2-4,8-9,11-14,23,26H,5-7,10,15-20H2,1H3. The van der Waals surface area contributed by atoms with Gasteiger partial charge < -0.3 is 9.64 Å². The number of carbonyl (C=O) groups excluding carboxylic acids is 1. The van der Waals surface area contributed by atoms with Gasteiger partial charge in [-0.2, -0.15) is 5.10 Å². The number of benzene rings is 2. The first-order chi connectivity index (χ1) is 16.2. The maximum atomic E-state index is 13.6. The Hall–Kier alpha value is -2.70. The maximum absolute atomic E-state index is 13.6. The Morgan fingerprint density at radius 3 is 2.48 bits per heavy atom. The predicted octanol–water partition coefficient (Wildman–Crippen LogP) is 3.93. The fraction of sp³-hybridized carbons (Fsp3) is 0.481. The Morgan fingerprint density at radius 2 is 1.76 bits per heavy atom. The molecular weight excluding hydrogens is 412 g/mol. The number of methoxy groups -OCH3 is 1. The number of carbonyl (C=O) groups is 1. The summed E-state index contributed by atoms with van der Waals surface area (Å²) in [6.45, 7) is 4.94. The molecule has 2 saturated heterocycles. The van der Waals surface area contributed by atoms with Gasteiger partial charge in [0.05, 0.1) is 25.4 Å². The molecule has 0 bridgehead atoms. The molecule has 3 aliphatic rings. The molecule has 33 heavy (non-hydrogen) atoms. The second-order valence-electron chi connectivity index (χ2n) is 9.42. The Balaban J connectivity index is 1.34. The van der Waals surface area contributed by atoms with Gasteiger partial charge >= 0.3 is 0 Å². The molecule has 0 aromatic heterocycles. The molecular formula is C27H34N4O2. The number of hydrazone groups is 1. The van der Waals surface area contributed by atoms with E-state index in [4.69, 9.17) is 9.84 Å². The summed E-state index contributed by atoms with van der Waals surface area (Å²) in [6, 6.07) is 18.6. The van der Waals surface area contributed by atoms with Crippen LogP contribution in [0.2, 0.25) is 0 Å². The van der Waals surface area contributed by atoms with Crippen molar-refractivity contribution in [2.24, 2.45) is 5.10 Å². The van der Waals surface area contributed by atoms with Crippen molar-refractivity contribution in [2.75, 3.05) is 39.8 Å². The van der Waals surface area contributed by atoms with Gasteiger partial charge in [0.1, 0.15) is 5.75 Å². The Morgan fingerprint density at radius 1 is 1.00 bits per heavy atom. The monoisotopic (exact) mass is 446 g/mol. The van der Waals surface area contributed by atoms with Crippen LogP contribution in [-0.2, 0) is 4.79 Å². The van der Waals surface area contributed by atoms with E-state index < -0.39 is 0 Å². The molecule has 2 aromatic rings. The lowest BCUT2D eigenvalue weighted by atomic mass is 9.98. The van der Waals surface area contributed by atoms with Crippen LogP contribution < -0.4 is 4.74 Å². The van der Waals surface area contributed by atoms with E-state index in [1.165, 1.54) is 38.8 Å². The Labute approximate surface area is 196 Å². The van der Waals surface area contributed by atoms with Crippen LogP contribution in [0, 0.1) is 0 Å². The number of amides is 1. The molecule has 2 atom stereocenters. The van der Waals surface area contributed by atoms with E-state index in [0.717, 1.165) is 42.1 Å². The SMILES string of the molecule is COc1ccc(C2CC(c3ccccc3)=NN2C(=O)CN2CCCC2CN2CCCC2)cc1. The first-order valence-corrected chi connectivity index (χ1v) is 12.3. The molecule has 0 saturated carbocycles.